The summed E-state index contributed by atoms with van der Waals surface area (Å²) in [4.78, 5) is 0. The Morgan fingerprint density at radius 1 is 0.414 bits per heavy atom. The van der Waals surface area contributed by atoms with Crippen LogP contribution in [0.1, 0.15) is 11.1 Å². The lowest BCUT2D eigenvalue weighted by Gasteiger charge is -2.16. The maximum Gasteiger partial charge on any atom is 0.0212 e. The largest absolute Gasteiger partial charge is 0.0622 e. The second-order valence-electron chi connectivity index (χ2n) is 7.21. The molecule has 0 aliphatic carbocycles. The summed E-state index contributed by atoms with van der Waals surface area (Å²) in [5.74, 6) is 0. The number of rotatable bonds is 4. The predicted molar refractivity (Wildman–Crippen MR) is 124 cm³/mol. The van der Waals surface area contributed by atoms with Crippen molar-refractivity contribution < 1.29 is 0 Å². The lowest BCUT2D eigenvalue weighted by molar-refractivity contribution is 1.45. The minimum Gasteiger partial charge on any atom is -0.0622 e. The van der Waals surface area contributed by atoms with Gasteiger partial charge in [0.1, 0.15) is 0 Å². The third-order valence-corrected chi connectivity index (χ3v) is 5.38. The molecule has 5 rings (SSSR count). The summed E-state index contributed by atoms with van der Waals surface area (Å²) in [5.41, 5.74) is 7.47. The third kappa shape index (κ3) is 3.46. The summed E-state index contributed by atoms with van der Waals surface area (Å²) in [7, 11) is 0. The Balaban J connectivity index is 1.71. The summed E-state index contributed by atoms with van der Waals surface area (Å²) in [5, 5.41) is 2.54. The van der Waals surface area contributed by atoms with Gasteiger partial charge >= 0.3 is 0 Å². The first-order chi connectivity index (χ1) is 14.4. The number of benzene rings is 5. The molecule has 5 aromatic rings. The van der Waals surface area contributed by atoms with Gasteiger partial charge in [0.25, 0.3) is 0 Å². The molecule has 137 valence electrons. The lowest BCUT2D eigenvalue weighted by atomic mass is 9.87. The second-order valence-corrected chi connectivity index (χ2v) is 7.21. The Bertz CT molecular complexity index is 1250. The Labute approximate surface area is 172 Å². The zero-order valence-electron chi connectivity index (χ0n) is 16.1. The van der Waals surface area contributed by atoms with E-state index in [1.165, 1.54) is 44.2 Å². The maximum absolute atomic E-state index is 2.32. The molecule has 0 aliphatic heterocycles. The summed E-state index contributed by atoms with van der Waals surface area (Å²) in [6.07, 6.45) is 2.32. The van der Waals surface area contributed by atoms with E-state index in [1.807, 2.05) is 0 Å². The molecule has 5 aromatic carbocycles. The van der Waals surface area contributed by atoms with Crippen molar-refractivity contribution in [3.63, 3.8) is 0 Å². The zero-order chi connectivity index (χ0) is 19.5. The number of hydrogen-bond acceptors (Lipinski definition) is 0. The quantitative estimate of drug-likeness (QED) is 0.303. The van der Waals surface area contributed by atoms with Gasteiger partial charge in [-0.15, -0.1) is 0 Å². The van der Waals surface area contributed by atoms with Crippen molar-refractivity contribution in [1.82, 2.24) is 0 Å². The van der Waals surface area contributed by atoms with Crippen LogP contribution in [0, 0.1) is 6.42 Å². The first kappa shape index (κ1) is 17.5. The highest BCUT2D eigenvalue weighted by atomic mass is 14.2. The van der Waals surface area contributed by atoms with Crippen molar-refractivity contribution in [2.45, 2.75) is 0 Å². The molecule has 1 radical (unpaired) electrons. The zero-order valence-corrected chi connectivity index (χ0v) is 16.1. The van der Waals surface area contributed by atoms with Crippen LogP contribution in [0.3, 0.4) is 0 Å². The smallest absolute Gasteiger partial charge is 0.0212 e. The number of hydrogen-bond donors (Lipinski definition) is 0. The molecular weight excluding hydrogens is 348 g/mol. The SMILES string of the molecule is [CH](c1cccc(-c2ccccc2)c1-c1ccccc1)c1cccc2ccccc12. The van der Waals surface area contributed by atoms with Crippen molar-refractivity contribution in [3.05, 3.63) is 139 Å². The van der Waals surface area contributed by atoms with Crippen LogP contribution in [-0.2, 0) is 0 Å². The lowest BCUT2D eigenvalue weighted by Crippen LogP contribution is -1.94. The van der Waals surface area contributed by atoms with E-state index in [0.29, 0.717) is 0 Å². The van der Waals surface area contributed by atoms with Crippen LogP contribution in [0.25, 0.3) is 33.0 Å². The van der Waals surface area contributed by atoms with E-state index in [0.717, 1.165) is 0 Å². The fourth-order valence-corrected chi connectivity index (χ4v) is 4.02. The summed E-state index contributed by atoms with van der Waals surface area (Å²) < 4.78 is 0. The third-order valence-electron chi connectivity index (χ3n) is 5.38. The molecule has 0 nitrogen and oxygen atoms in total. The topological polar surface area (TPSA) is 0 Å². The summed E-state index contributed by atoms with van der Waals surface area (Å²) in [6, 6.07) is 43.0. The van der Waals surface area contributed by atoms with Crippen LogP contribution in [-0.4, -0.2) is 0 Å². The average molecular weight is 369 g/mol. The molecule has 0 aliphatic rings. The second kappa shape index (κ2) is 7.77. The predicted octanol–water partition coefficient (Wildman–Crippen LogP) is 7.77. The summed E-state index contributed by atoms with van der Waals surface area (Å²) in [6.45, 7) is 0. The van der Waals surface area contributed by atoms with Crippen molar-refractivity contribution >= 4 is 10.8 Å². The molecule has 0 N–H and O–H groups in total. The molecular formula is C29H21. The van der Waals surface area contributed by atoms with Gasteiger partial charge < -0.3 is 0 Å². The van der Waals surface area contributed by atoms with Gasteiger partial charge in [0.05, 0.1) is 0 Å². The molecule has 0 aromatic heterocycles. The molecule has 0 amide bonds. The monoisotopic (exact) mass is 369 g/mol. The van der Waals surface area contributed by atoms with Crippen LogP contribution in [0.2, 0.25) is 0 Å². The van der Waals surface area contributed by atoms with Crippen LogP contribution in [0.4, 0.5) is 0 Å². The Morgan fingerprint density at radius 2 is 1.00 bits per heavy atom. The number of fused-ring (bicyclic) bond motifs is 1. The molecule has 0 saturated carbocycles. The van der Waals surface area contributed by atoms with E-state index in [2.05, 4.69) is 128 Å². The van der Waals surface area contributed by atoms with Crippen molar-refractivity contribution in [2.75, 3.05) is 0 Å². The van der Waals surface area contributed by atoms with Crippen LogP contribution in [0.15, 0.2) is 121 Å². The van der Waals surface area contributed by atoms with E-state index in [9.17, 15) is 0 Å². The standard InChI is InChI=1S/C29H21/c1-3-11-23(12-4-1)28-20-10-18-26(29(28)24-14-5-2-6-15-24)21-25-17-9-16-22-13-7-8-19-27(22)25/h1-21H. The minimum atomic E-state index is 1.23. The molecule has 0 heteroatoms. The average Bonchev–Trinajstić information content (AvgIpc) is 2.80. The van der Waals surface area contributed by atoms with Gasteiger partial charge in [0.15, 0.2) is 0 Å². The highest BCUT2D eigenvalue weighted by molar-refractivity contribution is 5.90. The van der Waals surface area contributed by atoms with Gasteiger partial charge in [-0.3, -0.25) is 0 Å². The van der Waals surface area contributed by atoms with E-state index in [1.54, 1.807) is 0 Å². The van der Waals surface area contributed by atoms with E-state index in [-0.39, 0.29) is 0 Å². The van der Waals surface area contributed by atoms with Crippen molar-refractivity contribution in [3.8, 4) is 22.3 Å². The highest BCUT2D eigenvalue weighted by Crippen LogP contribution is 2.37. The molecule has 0 spiro atoms. The molecule has 29 heavy (non-hydrogen) atoms. The molecule has 0 heterocycles. The van der Waals surface area contributed by atoms with Crippen molar-refractivity contribution in [2.24, 2.45) is 0 Å². The summed E-state index contributed by atoms with van der Waals surface area (Å²) >= 11 is 0. The molecule has 0 bridgehead atoms. The van der Waals surface area contributed by atoms with Gasteiger partial charge in [0.2, 0.25) is 0 Å². The Kier molecular flexibility index (Phi) is 4.68. The van der Waals surface area contributed by atoms with E-state index >= 15 is 0 Å². The molecule has 0 atom stereocenters. The maximum atomic E-state index is 2.32. The first-order valence-corrected chi connectivity index (χ1v) is 9.96. The van der Waals surface area contributed by atoms with E-state index in [4.69, 9.17) is 0 Å². The van der Waals surface area contributed by atoms with Crippen LogP contribution in [0.5, 0.6) is 0 Å². The van der Waals surface area contributed by atoms with Gasteiger partial charge in [-0.1, -0.05) is 121 Å². The molecule has 0 unspecified atom stereocenters. The van der Waals surface area contributed by atoms with Gasteiger partial charge in [-0.05, 0) is 44.2 Å². The van der Waals surface area contributed by atoms with Gasteiger partial charge in [-0.25, -0.2) is 0 Å². The normalized spacial score (nSPS) is 10.9. The van der Waals surface area contributed by atoms with Crippen LogP contribution < -0.4 is 0 Å². The van der Waals surface area contributed by atoms with Crippen molar-refractivity contribution in [1.29, 1.82) is 0 Å². The highest BCUT2D eigenvalue weighted by Gasteiger charge is 2.14. The van der Waals surface area contributed by atoms with E-state index < -0.39 is 0 Å². The van der Waals surface area contributed by atoms with Crippen LogP contribution >= 0.6 is 0 Å². The molecule has 0 saturated heterocycles. The fourth-order valence-electron chi connectivity index (χ4n) is 4.02. The van der Waals surface area contributed by atoms with Gasteiger partial charge in [0, 0.05) is 6.42 Å². The fraction of sp³-hybridized carbons (Fsp3) is 0. The Hall–Kier alpha value is -3.64. The first-order valence-electron chi connectivity index (χ1n) is 9.96. The Morgan fingerprint density at radius 3 is 1.79 bits per heavy atom. The van der Waals surface area contributed by atoms with Gasteiger partial charge in [-0.2, -0.15) is 0 Å². The molecule has 0 fully saturated rings. The minimum absolute atomic E-state index is 1.23.